The Bertz CT molecular complexity index is 770. The summed E-state index contributed by atoms with van der Waals surface area (Å²) in [6.07, 6.45) is 3.85. The summed E-state index contributed by atoms with van der Waals surface area (Å²) < 4.78 is 10.6. The van der Waals surface area contributed by atoms with E-state index < -0.39 is 0 Å². The van der Waals surface area contributed by atoms with Gasteiger partial charge in [-0.3, -0.25) is 4.79 Å². The van der Waals surface area contributed by atoms with Crippen molar-refractivity contribution in [2.45, 2.75) is 45.1 Å². The number of methoxy groups -OCH3 is 2. The van der Waals surface area contributed by atoms with Crippen LogP contribution in [0, 0.1) is 0 Å². The molecule has 0 saturated carbocycles. The van der Waals surface area contributed by atoms with Gasteiger partial charge in [-0.1, -0.05) is 18.2 Å². The second-order valence-electron chi connectivity index (χ2n) is 7.11. The predicted octanol–water partition coefficient (Wildman–Crippen LogP) is 4.56. The lowest BCUT2D eigenvalue weighted by atomic mass is 9.80. The number of aryl methyl sites for hydroxylation is 1. The molecule has 144 valence electrons. The van der Waals surface area contributed by atoms with Crippen LogP contribution in [-0.2, 0) is 17.8 Å². The quantitative estimate of drug-likeness (QED) is 0.720. The van der Waals surface area contributed by atoms with Gasteiger partial charge in [0, 0.05) is 19.5 Å². The Hall–Kier alpha value is -2.49. The van der Waals surface area contributed by atoms with Gasteiger partial charge < -0.3 is 14.4 Å². The van der Waals surface area contributed by atoms with E-state index in [2.05, 4.69) is 12.1 Å². The molecule has 1 aliphatic rings. The standard InChI is InChI=1S/C23H29NO3/c1-4-24(16-17-8-10-20(26-2)11-9-17)23(25)15-19-7-5-6-18-14-21(27-3)12-13-22(18)19/h8-14,19H,4-7,15-16H2,1-3H3. The second-order valence-corrected chi connectivity index (χ2v) is 7.11. The third kappa shape index (κ3) is 4.62. The van der Waals surface area contributed by atoms with Crippen molar-refractivity contribution in [3.05, 3.63) is 59.2 Å². The van der Waals surface area contributed by atoms with E-state index in [1.807, 2.05) is 42.2 Å². The summed E-state index contributed by atoms with van der Waals surface area (Å²) in [6, 6.07) is 14.2. The Balaban J connectivity index is 1.68. The fraction of sp³-hybridized carbons (Fsp3) is 0.435. The lowest BCUT2D eigenvalue weighted by Crippen LogP contribution is -2.31. The van der Waals surface area contributed by atoms with Crippen molar-refractivity contribution in [3.8, 4) is 11.5 Å². The third-order valence-electron chi connectivity index (χ3n) is 5.48. The number of fused-ring (bicyclic) bond motifs is 1. The highest BCUT2D eigenvalue weighted by Gasteiger charge is 2.25. The van der Waals surface area contributed by atoms with Crippen LogP contribution in [0.4, 0.5) is 0 Å². The zero-order chi connectivity index (χ0) is 19.2. The first kappa shape index (κ1) is 19.3. The molecule has 0 spiro atoms. The van der Waals surface area contributed by atoms with Crippen LogP contribution in [0.25, 0.3) is 0 Å². The Morgan fingerprint density at radius 1 is 1.07 bits per heavy atom. The van der Waals surface area contributed by atoms with E-state index in [0.29, 0.717) is 25.4 Å². The first-order valence-electron chi connectivity index (χ1n) is 9.72. The molecule has 4 heteroatoms. The third-order valence-corrected chi connectivity index (χ3v) is 5.48. The number of rotatable bonds is 7. The van der Waals surface area contributed by atoms with Crippen molar-refractivity contribution < 1.29 is 14.3 Å². The van der Waals surface area contributed by atoms with Gasteiger partial charge >= 0.3 is 0 Å². The van der Waals surface area contributed by atoms with E-state index in [1.165, 1.54) is 11.1 Å². The summed E-state index contributed by atoms with van der Waals surface area (Å²) in [5.41, 5.74) is 3.77. The second kappa shape index (κ2) is 8.94. The molecule has 27 heavy (non-hydrogen) atoms. The molecule has 0 aromatic heterocycles. The highest BCUT2D eigenvalue weighted by atomic mass is 16.5. The molecule has 0 aliphatic heterocycles. The zero-order valence-electron chi connectivity index (χ0n) is 16.5. The summed E-state index contributed by atoms with van der Waals surface area (Å²) in [7, 11) is 3.36. The normalized spacial score (nSPS) is 15.7. The van der Waals surface area contributed by atoms with Crippen LogP contribution in [0.2, 0.25) is 0 Å². The van der Waals surface area contributed by atoms with Crippen LogP contribution in [0.1, 0.15) is 48.8 Å². The lowest BCUT2D eigenvalue weighted by molar-refractivity contribution is -0.132. The van der Waals surface area contributed by atoms with Crippen molar-refractivity contribution >= 4 is 5.91 Å². The van der Waals surface area contributed by atoms with Crippen LogP contribution >= 0.6 is 0 Å². The van der Waals surface area contributed by atoms with Gasteiger partial charge in [0.2, 0.25) is 5.91 Å². The molecule has 1 unspecified atom stereocenters. The fourth-order valence-corrected chi connectivity index (χ4v) is 3.90. The lowest BCUT2D eigenvalue weighted by Gasteiger charge is -2.28. The number of nitrogens with zero attached hydrogens (tertiary/aromatic N) is 1. The number of hydrogen-bond donors (Lipinski definition) is 0. The maximum Gasteiger partial charge on any atom is 0.223 e. The van der Waals surface area contributed by atoms with Crippen molar-refractivity contribution in [2.24, 2.45) is 0 Å². The number of ether oxygens (including phenoxy) is 2. The van der Waals surface area contributed by atoms with Gasteiger partial charge in [0.15, 0.2) is 0 Å². The van der Waals surface area contributed by atoms with Crippen LogP contribution < -0.4 is 9.47 Å². The highest BCUT2D eigenvalue weighted by molar-refractivity contribution is 5.77. The van der Waals surface area contributed by atoms with E-state index in [-0.39, 0.29) is 5.91 Å². The van der Waals surface area contributed by atoms with Gasteiger partial charge in [-0.2, -0.15) is 0 Å². The molecule has 1 aliphatic carbocycles. The topological polar surface area (TPSA) is 38.8 Å². The predicted molar refractivity (Wildman–Crippen MR) is 107 cm³/mol. The molecule has 1 amide bonds. The molecule has 0 radical (unpaired) electrons. The number of amides is 1. The molecule has 2 aromatic rings. The maximum atomic E-state index is 13.0. The summed E-state index contributed by atoms with van der Waals surface area (Å²) in [5.74, 6) is 2.26. The Morgan fingerprint density at radius 3 is 2.44 bits per heavy atom. The fourth-order valence-electron chi connectivity index (χ4n) is 3.90. The number of hydrogen-bond acceptors (Lipinski definition) is 3. The van der Waals surface area contributed by atoms with Gasteiger partial charge in [-0.05, 0) is 73.1 Å². The summed E-state index contributed by atoms with van der Waals surface area (Å²) in [4.78, 5) is 14.9. The van der Waals surface area contributed by atoms with Crippen molar-refractivity contribution in [3.63, 3.8) is 0 Å². The molecular weight excluding hydrogens is 338 g/mol. The Kier molecular flexibility index (Phi) is 6.38. The minimum absolute atomic E-state index is 0.224. The van der Waals surface area contributed by atoms with E-state index >= 15 is 0 Å². The van der Waals surface area contributed by atoms with Gasteiger partial charge in [-0.25, -0.2) is 0 Å². The van der Waals surface area contributed by atoms with Gasteiger partial charge in [0.25, 0.3) is 0 Å². The molecule has 0 N–H and O–H groups in total. The smallest absolute Gasteiger partial charge is 0.223 e. The zero-order valence-corrected chi connectivity index (χ0v) is 16.5. The molecule has 0 fully saturated rings. The SMILES string of the molecule is CCN(Cc1ccc(OC)cc1)C(=O)CC1CCCc2cc(OC)ccc21. The van der Waals surface area contributed by atoms with Gasteiger partial charge in [-0.15, -0.1) is 0 Å². The van der Waals surface area contributed by atoms with E-state index in [1.54, 1.807) is 14.2 Å². The number of benzene rings is 2. The van der Waals surface area contributed by atoms with E-state index in [9.17, 15) is 4.79 Å². The van der Waals surface area contributed by atoms with Crippen molar-refractivity contribution in [1.82, 2.24) is 4.90 Å². The van der Waals surface area contributed by atoms with Crippen molar-refractivity contribution in [2.75, 3.05) is 20.8 Å². The first-order valence-corrected chi connectivity index (χ1v) is 9.72. The van der Waals surface area contributed by atoms with Crippen LogP contribution in [-0.4, -0.2) is 31.6 Å². The van der Waals surface area contributed by atoms with Crippen LogP contribution in [0.5, 0.6) is 11.5 Å². The maximum absolute atomic E-state index is 13.0. The molecule has 1 atom stereocenters. The Morgan fingerprint density at radius 2 is 1.78 bits per heavy atom. The minimum Gasteiger partial charge on any atom is -0.497 e. The molecule has 4 nitrogen and oxygen atoms in total. The number of carbonyl (C=O) groups is 1. The minimum atomic E-state index is 0.224. The summed E-state index contributed by atoms with van der Waals surface area (Å²) >= 11 is 0. The molecule has 0 heterocycles. The molecule has 3 rings (SSSR count). The summed E-state index contributed by atoms with van der Waals surface area (Å²) in [6.45, 7) is 3.40. The average molecular weight is 367 g/mol. The largest absolute Gasteiger partial charge is 0.497 e. The Labute approximate surface area is 162 Å². The molecule has 0 saturated heterocycles. The summed E-state index contributed by atoms with van der Waals surface area (Å²) in [5, 5.41) is 0. The van der Waals surface area contributed by atoms with Crippen LogP contribution in [0.3, 0.4) is 0 Å². The van der Waals surface area contributed by atoms with Crippen molar-refractivity contribution in [1.29, 1.82) is 0 Å². The highest BCUT2D eigenvalue weighted by Crippen LogP contribution is 2.36. The van der Waals surface area contributed by atoms with E-state index in [4.69, 9.17) is 9.47 Å². The number of carbonyl (C=O) groups excluding carboxylic acids is 1. The van der Waals surface area contributed by atoms with Gasteiger partial charge in [0.05, 0.1) is 14.2 Å². The molecule has 2 aromatic carbocycles. The monoisotopic (exact) mass is 367 g/mol. The van der Waals surface area contributed by atoms with Crippen LogP contribution in [0.15, 0.2) is 42.5 Å². The molecular formula is C23H29NO3. The van der Waals surface area contributed by atoms with E-state index in [0.717, 1.165) is 36.3 Å². The van der Waals surface area contributed by atoms with Gasteiger partial charge in [0.1, 0.15) is 11.5 Å². The average Bonchev–Trinajstić information content (AvgIpc) is 2.72. The molecule has 0 bridgehead atoms. The first-order chi connectivity index (χ1) is 13.1.